The van der Waals surface area contributed by atoms with Crippen LogP contribution in [0.25, 0.3) is 0 Å². The number of benzene rings is 2. The number of nitrogens with zero attached hydrogens (tertiary/aromatic N) is 1. The second-order valence-electron chi connectivity index (χ2n) is 6.41. The molecular weight excluding hydrogens is 414 g/mol. The minimum Gasteiger partial charge on any atom is -0.319 e. The molecule has 1 fully saturated rings. The van der Waals surface area contributed by atoms with Crippen LogP contribution in [0.4, 0.5) is 13.6 Å². The first-order chi connectivity index (χ1) is 13.0. The molecule has 1 heterocycles. The third kappa shape index (κ3) is 3.59. The summed E-state index contributed by atoms with van der Waals surface area (Å²) >= 11 is 5.74. The molecule has 3 rings (SSSR count). The van der Waals surface area contributed by atoms with Crippen LogP contribution in [0.2, 0.25) is 5.02 Å². The van der Waals surface area contributed by atoms with Gasteiger partial charge in [-0.2, -0.15) is 0 Å². The molecule has 0 aliphatic carbocycles. The van der Waals surface area contributed by atoms with Crippen LogP contribution in [-0.4, -0.2) is 37.6 Å². The van der Waals surface area contributed by atoms with Crippen LogP contribution in [0, 0.1) is 11.6 Å². The molecule has 0 bridgehead atoms. The van der Waals surface area contributed by atoms with Crippen LogP contribution in [0.15, 0.2) is 47.4 Å². The SMILES string of the molecule is CC1(c2cc(F)ccc2F)NC(=O)N(CCS(=O)(=O)c2ccc(Cl)cc2)C1=O. The highest BCUT2D eigenvalue weighted by atomic mass is 35.5. The van der Waals surface area contributed by atoms with E-state index in [4.69, 9.17) is 11.6 Å². The molecule has 1 saturated heterocycles. The lowest BCUT2D eigenvalue weighted by molar-refractivity contribution is -0.131. The molecule has 10 heteroatoms. The first-order valence-corrected chi connectivity index (χ1v) is 10.2. The van der Waals surface area contributed by atoms with E-state index in [1.165, 1.54) is 31.2 Å². The van der Waals surface area contributed by atoms with Crippen molar-refractivity contribution in [3.8, 4) is 0 Å². The number of carbonyl (C=O) groups excluding carboxylic acids is 2. The zero-order valence-electron chi connectivity index (χ0n) is 14.6. The van der Waals surface area contributed by atoms with E-state index in [1.54, 1.807) is 0 Å². The molecule has 2 aromatic carbocycles. The van der Waals surface area contributed by atoms with Gasteiger partial charge in [0.2, 0.25) is 0 Å². The Labute approximate surface area is 165 Å². The van der Waals surface area contributed by atoms with Gasteiger partial charge in [-0.15, -0.1) is 0 Å². The lowest BCUT2D eigenvalue weighted by atomic mass is 9.91. The monoisotopic (exact) mass is 428 g/mol. The first-order valence-electron chi connectivity index (χ1n) is 8.12. The highest BCUT2D eigenvalue weighted by molar-refractivity contribution is 7.91. The maximum Gasteiger partial charge on any atom is 0.325 e. The molecule has 1 atom stereocenters. The minimum atomic E-state index is -3.79. The number of hydrogen-bond acceptors (Lipinski definition) is 4. The van der Waals surface area contributed by atoms with Gasteiger partial charge in [0, 0.05) is 17.1 Å². The van der Waals surface area contributed by atoms with Gasteiger partial charge in [0.15, 0.2) is 9.84 Å². The maximum absolute atomic E-state index is 14.1. The number of imide groups is 1. The number of carbonyl (C=O) groups is 2. The number of rotatable bonds is 5. The maximum atomic E-state index is 14.1. The molecule has 1 aliphatic heterocycles. The second-order valence-corrected chi connectivity index (χ2v) is 8.95. The fourth-order valence-corrected chi connectivity index (χ4v) is 4.27. The second kappa shape index (κ2) is 7.14. The Hall–Kier alpha value is -2.52. The molecule has 3 amide bonds. The fourth-order valence-electron chi connectivity index (χ4n) is 2.93. The average Bonchev–Trinajstić information content (AvgIpc) is 2.85. The number of sulfone groups is 1. The average molecular weight is 429 g/mol. The summed E-state index contributed by atoms with van der Waals surface area (Å²) in [4.78, 5) is 25.6. The molecule has 0 radical (unpaired) electrons. The van der Waals surface area contributed by atoms with E-state index in [1.807, 2.05) is 0 Å². The zero-order valence-corrected chi connectivity index (χ0v) is 16.2. The Morgan fingerprint density at radius 2 is 1.75 bits per heavy atom. The number of nitrogens with one attached hydrogen (secondary N) is 1. The summed E-state index contributed by atoms with van der Waals surface area (Å²) in [6, 6.07) is 7.12. The van der Waals surface area contributed by atoms with Crippen molar-refractivity contribution < 1.29 is 26.8 Å². The molecule has 1 unspecified atom stereocenters. The topological polar surface area (TPSA) is 83.6 Å². The third-order valence-corrected chi connectivity index (χ3v) is 6.46. The van der Waals surface area contributed by atoms with Crippen LogP contribution in [0.1, 0.15) is 12.5 Å². The van der Waals surface area contributed by atoms with Gasteiger partial charge in [-0.25, -0.2) is 22.0 Å². The van der Waals surface area contributed by atoms with Crippen molar-refractivity contribution in [2.45, 2.75) is 17.4 Å². The number of amides is 3. The Kier molecular flexibility index (Phi) is 5.16. The predicted molar refractivity (Wildman–Crippen MR) is 97.5 cm³/mol. The third-order valence-electron chi connectivity index (χ3n) is 4.50. The highest BCUT2D eigenvalue weighted by Crippen LogP contribution is 2.31. The van der Waals surface area contributed by atoms with Crippen LogP contribution in [0.3, 0.4) is 0 Å². The van der Waals surface area contributed by atoms with Crippen LogP contribution < -0.4 is 5.32 Å². The van der Waals surface area contributed by atoms with Crippen molar-refractivity contribution in [2.24, 2.45) is 0 Å². The quantitative estimate of drug-likeness (QED) is 0.742. The summed E-state index contributed by atoms with van der Waals surface area (Å²) < 4.78 is 52.5. The summed E-state index contributed by atoms with van der Waals surface area (Å²) in [5.41, 5.74) is -2.18. The molecule has 28 heavy (non-hydrogen) atoms. The van der Waals surface area contributed by atoms with Gasteiger partial charge in [0.25, 0.3) is 5.91 Å². The van der Waals surface area contributed by atoms with Crippen LogP contribution in [0.5, 0.6) is 0 Å². The van der Waals surface area contributed by atoms with Gasteiger partial charge in [-0.1, -0.05) is 11.6 Å². The standard InChI is InChI=1S/C18H15ClF2N2O4S/c1-18(14-10-12(20)4-7-15(14)21)16(24)23(17(25)22-18)8-9-28(26,27)13-5-2-11(19)3-6-13/h2-7,10H,8-9H2,1H3,(H,22,25). The highest BCUT2D eigenvalue weighted by Gasteiger charge is 2.50. The minimum absolute atomic E-state index is 0.0112. The number of urea groups is 1. The van der Waals surface area contributed by atoms with Crippen molar-refractivity contribution in [1.82, 2.24) is 10.2 Å². The summed E-state index contributed by atoms with van der Waals surface area (Å²) in [7, 11) is -3.79. The van der Waals surface area contributed by atoms with Crippen molar-refractivity contribution in [2.75, 3.05) is 12.3 Å². The normalized spacial score (nSPS) is 19.8. The van der Waals surface area contributed by atoms with E-state index in [0.717, 1.165) is 18.2 Å². The Morgan fingerprint density at radius 3 is 2.39 bits per heavy atom. The van der Waals surface area contributed by atoms with Gasteiger partial charge >= 0.3 is 6.03 Å². The molecule has 1 aliphatic rings. The first kappa shape index (κ1) is 20.2. The smallest absolute Gasteiger partial charge is 0.319 e. The van der Waals surface area contributed by atoms with Gasteiger partial charge in [0.1, 0.15) is 17.2 Å². The van der Waals surface area contributed by atoms with Crippen LogP contribution >= 0.6 is 11.6 Å². The molecule has 0 aromatic heterocycles. The fraction of sp³-hybridized carbons (Fsp3) is 0.222. The van der Waals surface area contributed by atoms with E-state index >= 15 is 0 Å². The lowest BCUT2D eigenvalue weighted by Gasteiger charge is -2.22. The molecule has 0 spiro atoms. The van der Waals surface area contributed by atoms with E-state index in [2.05, 4.69) is 5.32 Å². The summed E-state index contributed by atoms with van der Waals surface area (Å²) in [5.74, 6) is -3.04. The largest absolute Gasteiger partial charge is 0.325 e. The molecule has 2 aromatic rings. The van der Waals surface area contributed by atoms with E-state index < -0.39 is 51.2 Å². The van der Waals surface area contributed by atoms with E-state index in [9.17, 15) is 26.8 Å². The molecule has 1 N–H and O–H groups in total. The number of hydrogen-bond donors (Lipinski definition) is 1. The molecule has 6 nitrogen and oxygen atoms in total. The van der Waals surface area contributed by atoms with Gasteiger partial charge < -0.3 is 5.32 Å². The Bertz CT molecular complexity index is 1060. The van der Waals surface area contributed by atoms with Crippen molar-refractivity contribution in [1.29, 1.82) is 0 Å². The van der Waals surface area contributed by atoms with Crippen LogP contribution in [-0.2, 0) is 20.2 Å². The van der Waals surface area contributed by atoms with E-state index in [0.29, 0.717) is 9.92 Å². The zero-order chi connectivity index (χ0) is 20.7. The Morgan fingerprint density at radius 1 is 1.11 bits per heavy atom. The van der Waals surface area contributed by atoms with Crippen molar-refractivity contribution in [3.05, 3.63) is 64.7 Å². The van der Waals surface area contributed by atoms with Gasteiger partial charge in [0.05, 0.1) is 10.6 Å². The number of halogens is 3. The Balaban J connectivity index is 1.82. The van der Waals surface area contributed by atoms with Gasteiger partial charge in [-0.3, -0.25) is 9.69 Å². The lowest BCUT2D eigenvalue weighted by Crippen LogP contribution is -2.42. The van der Waals surface area contributed by atoms with Crippen molar-refractivity contribution in [3.63, 3.8) is 0 Å². The molecule has 148 valence electrons. The van der Waals surface area contributed by atoms with Gasteiger partial charge in [-0.05, 0) is 49.4 Å². The predicted octanol–water partition coefficient (Wildman–Crippen LogP) is 2.86. The molecular formula is C18H15ClF2N2O4S. The summed E-state index contributed by atoms with van der Waals surface area (Å²) in [6.07, 6.45) is 0. The van der Waals surface area contributed by atoms with E-state index in [-0.39, 0.29) is 10.5 Å². The van der Waals surface area contributed by atoms with Crippen molar-refractivity contribution >= 4 is 33.4 Å². The summed E-state index contributed by atoms with van der Waals surface area (Å²) in [6.45, 7) is 0.793. The molecule has 0 saturated carbocycles. The summed E-state index contributed by atoms with van der Waals surface area (Å²) in [5, 5.41) is 2.68.